The molecule has 2 aromatic carbocycles. The lowest BCUT2D eigenvalue weighted by atomic mass is 10.2. The number of aromatic hydroxyl groups is 2. The van der Waals surface area contributed by atoms with E-state index in [0.717, 1.165) is 28.7 Å². The molecule has 0 aliphatic heterocycles. The van der Waals surface area contributed by atoms with Gasteiger partial charge >= 0.3 is 23.3 Å². The number of fused-ring (bicyclic) bond motifs is 2. The van der Waals surface area contributed by atoms with Gasteiger partial charge in [-0.1, -0.05) is 0 Å². The molecule has 0 saturated carbocycles. The van der Waals surface area contributed by atoms with E-state index >= 15 is 0 Å². The Morgan fingerprint density at radius 3 is 1.68 bits per heavy atom. The van der Waals surface area contributed by atoms with E-state index in [1.807, 2.05) is 0 Å². The molecule has 16 heteroatoms. The molecule has 0 saturated heterocycles. The van der Waals surface area contributed by atoms with Crippen LogP contribution in [-0.2, 0) is 9.47 Å². The molecule has 2 N–H and O–H groups in total. The van der Waals surface area contributed by atoms with Gasteiger partial charge in [-0.05, 0) is 26.0 Å². The van der Waals surface area contributed by atoms with E-state index in [9.17, 15) is 40.0 Å². The zero-order valence-electron chi connectivity index (χ0n) is 21.4. The highest BCUT2D eigenvalue weighted by Crippen LogP contribution is 2.47. The summed E-state index contributed by atoms with van der Waals surface area (Å²) in [7, 11) is 2.48. The molecule has 0 spiro atoms. The largest absolute Gasteiger partial charge is 0.503 e. The van der Waals surface area contributed by atoms with Gasteiger partial charge in [-0.3, -0.25) is 20.2 Å². The first-order chi connectivity index (χ1) is 19.0. The first-order valence-corrected chi connectivity index (χ1v) is 12.9. The Hall–Kier alpha value is -4.70. The third kappa shape index (κ3) is 5.81. The Kier molecular flexibility index (Phi) is 9.28. The molecule has 0 aliphatic carbocycles. The molecular formula is C24H22N2O12S2. The van der Waals surface area contributed by atoms with Crippen molar-refractivity contribution in [3.05, 3.63) is 54.2 Å². The lowest BCUT2D eigenvalue weighted by Crippen LogP contribution is -2.02. The molecule has 0 fully saturated rings. The number of phenolic OH excluding ortho intramolecular Hbond substituents is 2. The number of carbonyl (C=O) groups excluding carboxylic acids is 2. The smallest absolute Gasteiger partial charge is 0.348 e. The molecular weight excluding hydrogens is 572 g/mol. The summed E-state index contributed by atoms with van der Waals surface area (Å²) in [4.78, 5) is 44.1. The molecule has 0 unspecified atom stereocenters. The Bertz CT molecular complexity index is 1630. The molecule has 40 heavy (non-hydrogen) atoms. The molecule has 0 aliphatic rings. The number of ether oxygens (including phenoxy) is 4. The highest BCUT2D eigenvalue weighted by Gasteiger charge is 2.27. The molecule has 2 aromatic heterocycles. The molecule has 212 valence electrons. The van der Waals surface area contributed by atoms with E-state index < -0.39 is 39.0 Å². The molecule has 0 atom stereocenters. The van der Waals surface area contributed by atoms with Crippen molar-refractivity contribution in [3.63, 3.8) is 0 Å². The zero-order chi connectivity index (χ0) is 29.7. The van der Waals surface area contributed by atoms with Gasteiger partial charge in [0, 0.05) is 22.9 Å². The van der Waals surface area contributed by atoms with Crippen molar-refractivity contribution in [3.8, 4) is 23.0 Å². The second kappa shape index (κ2) is 12.4. The first kappa shape index (κ1) is 29.9. The van der Waals surface area contributed by atoms with Crippen molar-refractivity contribution in [1.29, 1.82) is 0 Å². The molecule has 0 bridgehead atoms. The fraction of sp³-hybridized carbons (Fsp3) is 0.250. The number of nitrogens with zero attached hydrogens (tertiary/aromatic N) is 2. The van der Waals surface area contributed by atoms with Gasteiger partial charge in [-0.15, -0.1) is 22.7 Å². The zero-order valence-corrected chi connectivity index (χ0v) is 23.0. The van der Waals surface area contributed by atoms with Crippen molar-refractivity contribution in [1.82, 2.24) is 0 Å². The summed E-state index contributed by atoms with van der Waals surface area (Å²) in [6.45, 7) is 4.09. The maximum atomic E-state index is 11.7. The van der Waals surface area contributed by atoms with Crippen molar-refractivity contribution in [2.45, 2.75) is 13.8 Å². The minimum atomic E-state index is -0.816. The van der Waals surface area contributed by atoms with Gasteiger partial charge in [-0.25, -0.2) is 9.59 Å². The number of carbonyl (C=O) groups is 2. The maximum Gasteiger partial charge on any atom is 0.348 e. The van der Waals surface area contributed by atoms with Crippen LogP contribution in [0.3, 0.4) is 0 Å². The Morgan fingerprint density at radius 1 is 0.750 bits per heavy atom. The summed E-state index contributed by atoms with van der Waals surface area (Å²) in [6.07, 6.45) is 0. The highest BCUT2D eigenvalue weighted by atomic mass is 32.1. The number of methoxy groups -OCH3 is 2. The first-order valence-electron chi connectivity index (χ1n) is 11.3. The van der Waals surface area contributed by atoms with Gasteiger partial charge in [0.25, 0.3) is 0 Å². The van der Waals surface area contributed by atoms with Crippen LogP contribution in [-0.4, -0.2) is 59.4 Å². The monoisotopic (exact) mass is 594 g/mol. The quantitative estimate of drug-likeness (QED) is 0.114. The number of phenols is 2. The van der Waals surface area contributed by atoms with Gasteiger partial charge in [0.2, 0.25) is 11.5 Å². The SMILES string of the molecule is CCOc1c([N+](=O)[O-])cc2cc(C(=O)OC)sc2c1OCC.COC(=O)c1cc2cc([N+](=O)[O-])c(O)c(O)c2s1. The number of esters is 2. The number of hydrogen-bond donors (Lipinski definition) is 2. The van der Waals surface area contributed by atoms with Crippen LogP contribution in [0.2, 0.25) is 0 Å². The van der Waals surface area contributed by atoms with E-state index in [-0.39, 0.29) is 33.4 Å². The molecule has 4 aromatic rings. The highest BCUT2D eigenvalue weighted by molar-refractivity contribution is 7.21. The van der Waals surface area contributed by atoms with E-state index in [4.69, 9.17) is 9.47 Å². The summed E-state index contributed by atoms with van der Waals surface area (Å²) in [5, 5.41) is 41.9. The summed E-state index contributed by atoms with van der Waals surface area (Å²) in [6, 6.07) is 5.38. The Balaban J connectivity index is 0.000000225. The molecule has 0 amide bonds. The van der Waals surface area contributed by atoms with Crippen molar-refractivity contribution in [2.24, 2.45) is 0 Å². The average molecular weight is 595 g/mol. The van der Waals surface area contributed by atoms with E-state index in [1.165, 1.54) is 26.4 Å². The van der Waals surface area contributed by atoms with Crippen LogP contribution >= 0.6 is 22.7 Å². The maximum absolute atomic E-state index is 11.7. The summed E-state index contributed by atoms with van der Waals surface area (Å²) >= 11 is 2.04. The van der Waals surface area contributed by atoms with Gasteiger partial charge in [0.1, 0.15) is 9.75 Å². The fourth-order valence-electron chi connectivity index (χ4n) is 3.50. The van der Waals surface area contributed by atoms with Crippen LogP contribution in [0.25, 0.3) is 20.2 Å². The van der Waals surface area contributed by atoms with Crippen LogP contribution in [0.15, 0.2) is 24.3 Å². The second-order valence-electron chi connectivity index (χ2n) is 7.57. The Morgan fingerprint density at radius 2 is 1.20 bits per heavy atom. The van der Waals surface area contributed by atoms with Crippen LogP contribution in [0.1, 0.15) is 33.2 Å². The van der Waals surface area contributed by atoms with E-state index in [0.29, 0.717) is 27.0 Å². The predicted molar refractivity (Wildman–Crippen MR) is 145 cm³/mol. The standard InChI is InChI=1S/C14H15NO6S.C10H7NO6S/c1-4-20-11-9(15(17)18)6-8-7-10(14(16)19-3)22-13(8)12(11)21-5-2;1-17-10(14)6-3-4-2-5(11(15)16)7(12)8(13)9(4)18-6/h6-7H,4-5H2,1-3H3;2-3,12-13H,1H3. The number of nitro benzene ring substituents is 2. The van der Waals surface area contributed by atoms with Crippen LogP contribution in [0.4, 0.5) is 11.4 Å². The lowest BCUT2D eigenvalue weighted by molar-refractivity contribution is -0.385. The Labute approximate surface area is 233 Å². The number of thiophene rings is 2. The van der Waals surface area contributed by atoms with E-state index in [2.05, 4.69) is 9.47 Å². The number of hydrogen-bond acceptors (Lipinski definition) is 14. The number of benzene rings is 2. The molecule has 14 nitrogen and oxygen atoms in total. The second-order valence-corrected chi connectivity index (χ2v) is 9.67. The minimum Gasteiger partial charge on any atom is -0.503 e. The van der Waals surface area contributed by atoms with Gasteiger partial charge in [0.15, 0.2) is 11.5 Å². The predicted octanol–water partition coefficient (Wildman–Crippen LogP) is 5.40. The van der Waals surface area contributed by atoms with Crippen LogP contribution in [0.5, 0.6) is 23.0 Å². The number of nitro groups is 2. The van der Waals surface area contributed by atoms with Gasteiger partial charge in [-0.2, -0.15) is 0 Å². The summed E-state index contributed by atoms with van der Waals surface area (Å²) < 4.78 is 21.0. The van der Waals surface area contributed by atoms with Crippen molar-refractivity contribution >= 4 is 66.2 Å². The van der Waals surface area contributed by atoms with Gasteiger partial charge < -0.3 is 29.2 Å². The number of rotatable bonds is 8. The normalized spacial score (nSPS) is 10.5. The topological polar surface area (TPSA) is 198 Å². The van der Waals surface area contributed by atoms with Crippen LogP contribution in [0, 0.1) is 20.2 Å². The molecule has 0 radical (unpaired) electrons. The van der Waals surface area contributed by atoms with Crippen molar-refractivity contribution < 1.29 is 48.6 Å². The summed E-state index contributed by atoms with van der Waals surface area (Å²) in [5.74, 6) is -2.17. The minimum absolute atomic E-state index is 0.0834. The fourth-order valence-corrected chi connectivity index (χ4v) is 5.55. The molecule has 2 heterocycles. The van der Waals surface area contributed by atoms with Crippen molar-refractivity contribution in [2.75, 3.05) is 27.4 Å². The third-order valence-corrected chi connectivity index (χ3v) is 7.44. The molecule has 4 rings (SSSR count). The lowest BCUT2D eigenvalue weighted by Gasteiger charge is -2.11. The third-order valence-electron chi connectivity index (χ3n) is 5.18. The van der Waals surface area contributed by atoms with Gasteiger partial charge in [0.05, 0.1) is 46.7 Å². The summed E-state index contributed by atoms with van der Waals surface area (Å²) in [5.41, 5.74) is -0.804. The average Bonchev–Trinajstić information content (AvgIpc) is 3.56. The van der Waals surface area contributed by atoms with Crippen LogP contribution < -0.4 is 9.47 Å². The van der Waals surface area contributed by atoms with E-state index in [1.54, 1.807) is 19.9 Å².